The number of esters is 2. The molecular formula is C21H18O5. The fourth-order valence-corrected chi connectivity index (χ4v) is 5.01. The molecule has 5 nitrogen and oxygen atoms in total. The molecule has 2 aromatic rings. The first-order valence-corrected chi connectivity index (χ1v) is 8.82. The van der Waals surface area contributed by atoms with Crippen LogP contribution in [-0.4, -0.2) is 29.8 Å². The van der Waals surface area contributed by atoms with Crippen molar-refractivity contribution in [2.24, 2.45) is 11.8 Å². The molecular weight excluding hydrogens is 332 g/mol. The Labute approximate surface area is 150 Å². The summed E-state index contributed by atoms with van der Waals surface area (Å²) in [4.78, 5) is 25.3. The van der Waals surface area contributed by atoms with Gasteiger partial charge in [-0.05, 0) is 29.2 Å². The minimum absolute atomic E-state index is 0.0536. The Hall–Kier alpha value is -2.50. The molecule has 4 aliphatic rings. The predicted molar refractivity (Wildman–Crippen MR) is 91.2 cm³/mol. The highest BCUT2D eigenvalue weighted by atomic mass is 16.6. The Morgan fingerprint density at radius 3 is 2.19 bits per heavy atom. The highest BCUT2D eigenvalue weighted by molar-refractivity contribution is 6.00. The monoisotopic (exact) mass is 350 g/mol. The van der Waals surface area contributed by atoms with Gasteiger partial charge < -0.3 is 14.6 Å². The number of rotatable bonds is 3. The van der Waals surface area contributed by atoms with Crippen LogP contribution in [-0.2, 0) is 24.7 Å². The molecule has 3 aliphatic carbocycles. The van der Waals surface area contributed by atoms with E-state index in [2.05, 4.69) is 0 Å². The zero-order valence-electron chi connectivity index (χ0n) is 14.2. The van der Waals surface area contributed by atoms with Gasteiger partial charge in [-0.2, -0.15) is 0 Å². The van der Waals surface area contributed by atoms with Crippen LogP contribution in [0.5, 0.6) is 0 Å². The van der Waals surface area contributed by atoms with Crippen molar-refractivity contribution >= 4 is 11.9 Å². The number of aliphatic hydroxyl groups excluding tert-OH is 1. The van der Waals surface area contributed by atoms with E-state index >= 15 is 0 Å². The molecule has 0 spiro atoms. The Morgan fingerprint density at radius 1 is 1.04 bits per heavy atom. The van der Waals surface area contributed by atoms with Crippen LogP contribution in [0.15, 0.2) is 48.5 Å². The molecule has 132 valence electrons. The highest BCUT2D eigenvalue weighted by Crippen LogP contribution is 2.64. The molecule has 1 fully saturated rings. The lowest BCUT2D eigenvalue weighted by Crippen LogP contribution is -2.55. The van der Waals surface area contributed by atoms with Crippen molar-refractivity contribution in [1.82, 2.24) is 0 Å². The number of aliphatic hydroxyl groups is 1. The van der Waals surface area contributed by atoms with E-state index in [4.69, 9.17) is 9.47 Å². The van der Waals surface area contributed by atoms with Gasteiger partial charge >= 0.3 is 11.9 Å². The quantitative estimate of drug-likeness (QED) is 0.678. The molecule has 5 heteroatoms. The number of cyclic esters (lactones) is 2. The van der Waals surface area contributed by atoms with E-state index in [0.29, 0.717) is 0 Å². The van der Waals surface area contributed by atoms with E-state index in [1.807, 2.05) is 48.5 Å². The molecule has 26 heavy (non-hydrogen) atoms. The van der Waals surface area contributed by atoms with Crippen molar-refractivity contribution in [3.05, 3.63) is 70.8 Å². The number of carbonyl (C=O) groups excluding carboxylic acids is 2. The molecule has 2 bridgehead atoms. The first-order valence-electron chi connectivity index (χ1n) is 8.82. The molecule has 1 saturated heterocycles. The standard InChI is InChI=1S/C21H18O5/c1-11(22)10-25-21-14-8-4-2-6-12(14)16(13-7-3-5-9-15(13)21)17-18(21)20(24)26-19(17)23/h2-9,11,16-18,22H,10H2,1H3. The summed E-state index contributed by atoms with van der Waals surface area (Å²) >= 11 is 0. The van der Waals surface area contributed by atoms with Gasteiger partial charge in [0, 0.05) is 5.92 Å². The van der Waals surface area contributed by atoms with Crippen LogP contribution in [0.3, 0.4) is 0 Å². The van der Waals surface area contributed by atoms with Crippen LogP contribution in [0.1, 0.15) is 35.1 Å². The molecule has 1 aliphatic heterocycles. The van der Waals surface area contributed by atoms with Crippen LogP contribution in [0.4, 0.5) is 0 Å². The smallest absolute Gasteiger partial charge is 0.321 e. The molecule has 6 rings (SSSR count). The summed E-state index contributed by atoms with van der Waals surface area (Å²) in [5, 5.41) is 9.85. The predicted octanol–water partition coefficient (Wildman–Crippen LogP) is 2.10. The summed E-state index contributed by atoms with van der Waals surface area (Å²) < 4.78 is 11.4. The van der Waals surface area contributed by atoms with E-state index in [9.17, 15) is 14.7 Å². The fraction of sp³-hybridized carbons (Fsp3) is 0.333. The van der Waals surface area contributed by atoms with Crippen molar-refractivity contribution in [1.29, 1.82) is 0 Å². The Kier molecular flexibility index (Phi) is 3.18. The van der Waals surface area contributed by atoms with Crippen molar-refractivity contribution in [2.75, 3.05) is 6.61 Å². The minimum Gasteiger partial charge on any atom is -0.393 e. The average molecular weight is 350 g/mol. The SMILES string of the molecule is CC(O)COC12c3ccccc3C(c3ccccc31)C1C(=O)OC(=O)C12. The van der Waals surface area contributed by atoms with Gasteiger partial charge in [-0.25, -0.2) is 0 Å². The molecule has 0 saturated carbocycles. The average Bonchev–Trinajstić information content (AvgIpc) is 2.95. The lowest BCUT2D eigenvalue weighted by molar-refractivity contribution is -0.159. The zero-order chi connectivity index (χ0) is 18.1. The van der Waals surface area contributed by atoms with Gasteiger partial charge in [0.25, 0.3) is 0 Å². The number of benzene rings is 2. The van der Waals surface area contributed by atoms with Crippen LogP contribution >= 0.6 is 0 Å². The summed E-state index contributed by atoms with van der Waals surface area (Å²) in [6.07, 6.45) is -0.699. The second-order valence-corrected chi connectivity index (χ2v) is 7.29. The van der Waals surface area contributed by atoms with Crippen LogP contribution in [0, 0.1) is 11.8 Å². The van der Waals surface area contributed by atoms with Crippen molar-refractivity contribution in [2.45, 2.75) is 24.5 Å². The number of ether oxygens (including phenoxy) is 2. The Balaban J connectivity index is 1.85. The summed E-state index contributed by atoms with van der Waals surface area (Å²) in [5.41, 5.74) is 2.64. The maximum atomic E-state index is 12.7. The molecule has 1 heterocycles. The third kappa shape index (κ3) is 1.77. The lowest BCUT2D eigenvalue weighted by Gasteiger charge is -2.53. The van der Waals surface area contributed by atoms with Gasteiger partial charge in [0.1, 0.15) is 11.5 Å². The third-order valence-corrected chi connectivity index (χ3v) is 5.83. The van der Waals surface area contributed by atoms with Gasteiger partial charge in [0.15, 0.2) is 0 Å². The van der Waals surface area contributed by atoms with Gasteiger partial charge in [-0.1, -0.05) is 48.5 Å². The van der Waals surface area contributed by atoms with Gasteiger partial charge in [-0.3, -0.25) is 9.59 Å². The summed E-state index contributed by atoms with van der Waals surface area (Å²) in [7, 11) is 0. The topological polar surface area (TPSA) is 72.8 Å². The minimum atomic E-state index is -1.12. The van der Waals surface area contributed by atoms with Crippen molar-refractivity contribution < 1.29 is 24.2 Å². The van der Waals surface area contributed by atoms with E-state index < -0.39 is 35.5 Å². The number of hydrogen-bond acceptors (Lipinski definition) is 5. The second-order valence-electron chi connectivity index (χ2n) is 7.29. The largest absolute Gasteiger partial charge is 0.393 e. The van der Waals surface area contributed by atoms with E-state index in [-0.39, 0.29) is 12.5 Å². The molecule has 0 aromatic heterocycles. The van der Waals surface area contributed by atoms with Gasteiger partial charge in [0.05, 0.1) is 18.6 Å². The van der Waals surface area contributed by atoms with Crippen LogP contribution in [0.25, 0.3) is 0 Å². The zero-order valence-corrected chi connectivity index (χ0v) is 14.2. The van der Waals surface area contributed by atoms with Gasteiger partial charge in [0.2, 0.25) is 0 Å². The number of carbonyl (C=O) groups is 2. The van der Waals surface area contributed by atoms with E-state index in [0.717, 1.165) is 22.3 Å². The summed E-state index contributed by atoms with van der Waals surface area (Å²) in [6, 6.07) is 15.6. The molecule has 0 radical (unpaired) electrons. The normalized spacial score (nSPS) is 31.8. The first-order chi connectivity index (χ1) is 12.6. The molecule has 2 aromatic carbocycles. The van der Waals surface area contributed by atoms with Crippen LogP contribution < -0.4 is 0 Å². The molecule has 3 unspecified atom stereocenters. The summed E-state index contributed by atoms with van der Waals surface area (Å²) in [6.45, 7) is 1.69. The molecule has 0 amide bonds. The van der Waals surface area contributed by atoms with E-state index in [1.54, 1.807) is 6.92 Å². The Bertz CT molecular complexity index is 884. The molecule has 1 N–H and O–H groups in total. The molecule has 3 atom stereocenters. The maximum Gasteiger partial charge on any atom is 0.321 e. The van der Waals surface area contributed by atoms with Crippen LogP contribution in [0.2, 0.25) is 0 Å². The summed E-state index contributed by atoms with van der Waals surface area (Å²) in [5.74, 6) is -2.58. The van der Waals surface area contributed by atoms with Crippen molar-refractivity contribution in [3.63, 3.8) is 0 Å². The highest BCUT2D eigenvalue weighted by Gasteiger charge is 2.68. The lowest BCUT2D eigenvalue weighted by atomic mass is 9.52. The third-order valence-electron chi connectivity index (χ3n) is 5.83. The van der Waals surface area contributed by atoms with Crippen molar-refractivity contribution in [3.8, 4) is 0 Å². The second kappa shape index (κ2) is 5.25. The maximum absolute atomic E-state index is 12.7. The van der Waals surface area contributed by atoms with Gasteiger partial charge in [-0.15, -0.1) is 0 Å². The van der Waals surface area contributed by atoms with E-state index in [1.165, 1.54) is 0 Å². The fourth-order valence-electron chi connectivity index (χ4n) is 5.01. The Morgan fingerprint density at radius 2 is 1.62 bits per heavy atom. The number of hydrogen-bond donors (Lipinski definition) is 1. The first kappa shape index (κ1) is 15.7.